The van der Waals surface area contributed by atoms with Gasteiger partial charge in [-0.05, 0) is 36.3 Å². The average Bonchev–Trinajstić information content (AvgIpc) is 2.75. The largest absolute Gasteiger partial charge is 0.334 e. The maximum Gasteiger partial charge on any atom is 0.315 e. The number of amides is 3. The fourth-order valence-corrected chi connectivity index (χ4v) is 2.79. The highest BCUT2D eigenvalue weighted by Gasteiger charge is 2.15. The van der Waals surface area contributed by atoms with Crippen molar-refractivity contribution < 1.29 is 22.8 Å². The molecule has 0 spiro atoms. The van der Waals surface area contributed by atoms with E-state index in [1.165, 1.54) is 0 Å². The highest BCUT2D eigenvalue weighted by Crippen LogP contribution is 2.19. The van der Waals surface area contributed by atoms with Gasteiger partial charge in [0.15, 0.2) is 17.5 Å². The summed E-state index contributed by atoms with van der Waals surface area (Å²) in [6.07, 6.45) is 0. The molecule has 0 aliphatic heterocycles. The van der Waals surface area contributed by atoms with E-state index in [1.807, 2.05) is 24.3 Å². The van der Waals surface area contributed by atoms with Gasteiger partial charge >= 0.3 is 6.03 Å². The Labute approximate surface area is 173 Å². The normalized spacial score (nSPS) is 10.7. The number of anilines is 1. The van der Waals surface area contributed by atoms with Crippen molar-refractivity contribution in [3.63, 3.8) is 0 Å². The number of carbonyl (C=O) groups is 2. The minimum absolute atomic E-state index is 0.267. The molecule has 30 heavy (non-hydrogen) atoms. The van der Waals surface area contributed by atoms with Crippen molar-refractivity contribution in [1.82, 2.24) is 15.5 Å². The summed E-state index contributed by atoms with van der Waals surface area (Å²) in [4.78, 5) is 26.1. The minimum atomic E-state index is -1.68. The second kappa shape index (κ2) is 11.2. The Bertz CT molecular complexity index is 889. The Kier molecular flexibility index (Phi) is 8.67. The smallest absolute Gasteiger partial charge is 0.315 e. The van der Waals surface area contributed by atoms with Gasteiger partial charge in [0.25, 0.3) is 0 Å². The topological polar surface area (TPSA) is 73.5 Å². The van der Waals surface area contributed by atoms with Crippen LogP contribution in [0.1, 0.15) is 25.0 Å². The van der Waals surface area contributed by atoms with Crippen LogP contribution in [0.4, 0.5) is 23.7 Å². The molecule has 0 fully saturated rings. The number of nitrogens with zero attached hydrogens (tertiary/aromatic N) is 1. The first-order valence-corrected chi connectivity index (χ1v) is 9.59. The van der Waals surface area contributed by atoms with Crippen LogP contribution in [0.2, 0.25) is 0 Å². The van der Waals surface area contributed by atoms with Crippen LogP contribution in [-0.2, 0) is 17.9 Å². The Morgan fingerprint density at radius 1 is 0.900 bits per heavy atom. The SMILES string of the molecule is CCN(CC)Cc1ccccc1CNC(=O)NCC(=O)Nc1ccc(F)c(F)c1F. The van der Waals surface area contributed by atoms with Crippen molar-refractivity contribution in [2.24, 2.45) is 0 Å². The van der Waals surface area contributed by atoms with Gasteiger partial charge in [-0.15, -0.1) is 0 Å². The van der Waals surface area contributed by atoms with E-state index in [-0.39, 0.29) is 6.54 Å². The molecule has 0 aliphatic rings. The maximum absolute atomic E-state index is 13.6. The van der Waals surface area contributed by atoms with Gasteiger partial charge in [-0.25, -0.2) is 18.0 Å². The molecule has 0 atom stereocenters. The molecule has 2 rings (SSSR count). The standard InChI is InChI=1S/C21H25F3N4O2/c1-3-28(4-2)13-15-8-6-5-7-14(15)11-25-21(30)26-12-18(29)27-17-10-9-16(22)19(23)20(17)24/h5-10H,3-4,11-13H2,1-2H3,(H,27,29)(H2,25,26,30). The number of carbonyl (C=O) groups excluding carboxylic acids is 2. The number of benzene rings is 2. The molecule has 0 heterocycles. The van der Waals surface area contributed by atoms with Crippen LogP contribution in [0.3, 0.4) is 0 Å². The molecule has 2 aromatic carbocycles. The summed E-state index contributed by atoms with van der Waals surface area (Å²) >= 11 is 0. The Morgan fingerprint density at radius 2 is 1.57 bits per heavy atom. The molecule has 162 valence electrons. The fourth-order valence-electron chi connectivity index (χ4n) is 2.79. The Balaban J connectivity index is 1.84. The maximum atomic E-state index is 13.6. The summed E-state index contributed by atoms with van der Waals surface area (Å²) in [7, 11) is 0. The molecule has 0 aromatic heterocycles. The molecule has 0 saturated carbocycles. The van der Waals surface area contributed by atoms with Crippen molar-refractivity contribution in [3.8, 4) is 0 Å². The zero-order chi connectivity index (χ0) is 22.1. The minimum Gasteiger partial charge on any atom is -0.334 e. The van der Waals surface area contributed by atoms with Crippen molar-refractivity contribution in [1.29, 1.82) is 0 Å². The highest BCUT2D eigenvalue weighted by atomic mass is 19.2. The van der Waals surface area contributed by atoms with Gasteiger partial charge in [0.1, 0.15) is 0 Å². The Morgan fingerprint density at radius 3 is 2.23 bits per heavy atom. The molecule has 0 aliphatic carbocycles. The monoisotopic (exact) mass is 422 g/mol. The van der Waals surface area contributed by atoms with Crippen LogP contribution in [0.5, 0.6) is 0 Å². The average molecular weight is 422 g/mol. The molecule has 2 aromatic rings. The van der Waals surface area contributed by atoms with Crippen molar-refractivity contribution >= 4 is 17.6 Å². The number of halogens is 3. The molecule has 0 bridgehead atoms. The third kappa shape index (κ3) is 6.48. The van der Waals surface area contributed by atoms with Gasteiger partial charge in [0, 0.05) is 13.1 Å². The first kappa shape index (κ1) is 23.2. The van der Waals surface area contributed by atoms with E-state index in [0.717, 1.165) is 36.8 Å². The summed E-state index contributed by atoms with van der Waals surface area (Å²) < 4.78 is 39.7. The van der Waals surface area contributed by atoms with Crippen molar-refractivity contribution in [2.45, 2.75) is 26.9 Å². The first-order chi connectivity index (χ1) is 14.3. The van der Waals surface area contributed by atoms with Crippen LogP contribution in [0.25, 0.3) is 0 Å². The zero-order valence-electron chi connectivity index (χ0n) is 16.9. The number of hydrogen-bond donors (Lipinski definition) is 3. The number of nitrogens with one attached hydrogen (secondary N) is 3. The van der Waals surface area contributed by atoms with Gasteiger partial charge in [-0.3, -0.25) is 9.69 Å². The van der Waals surface area contributed by atoms with E-state index in [2.05, 4.69) is 34.7 Å². The quantitative estimate of drug-likeness (QED) is 0.543. The fraction of sp³-hybridized carbons (Fsp3) is 0.333. The lowest BCUT2D eigenvalue weighted by atomic mass is 10.1. The van der Waals surface area contributed by atoms with Gasteiger partial charge < -0.3 is 16.0 Å². The number of urea groups is 1. The third-order valence-corrected chi connectivity index (χ3v) is 4.56. The van der Waals surface area contributed by atoms with Crippen LogP contribution in [0.15, 0.2) is 36.4 Å². The molecule has 0 radical (unpaired) electrons. The summed E-state index contributed by atoms with van der Waals surface area (Å²) in [5.74, 6) is -5.32. The third-order valence-electron chi connectivity index (χ3n) is 4.56. The zero-order valence-corrected chi connectivity index (χ0v) is 16.9. The summed E-state index contributed by atoms with van der Waals surface area (Å²) in [6, 6.07) is 8.74. The van der Waals surface area contributed by atoms with E-state index in [0.29, 0.717) is 6.07 Å². The van der Waals surface area contributed by atoms with Gasteiger partial charge in [0.2, 0.25) is 5.91 Å². The second-order valence-electron chi connectivity index (χ2n) is 6.54. The van der Waals surface area contributed by atoms with E-state index >= 15 is 0 Å². The van der Waals surface area contributed by atoms with Crippen LogP contribution >= 0.6 is 0 Å². The van der Waals surface area contributed by atoms with E-state index in [4.69, 9.17) is 0 Å². The molecule has 0 saturated heterocycles. The van der Waals surface area contributed by atoms with E-state index in [1.54, 1.807) is 0 Å². The van der Waals surface area contributed by atoms with Crippen LogP contribution < -0.4 is 16.0 Å². The lowest BCUT2D eigenvalue weighted by Crippen LogP contribution is -2.40. The molecule has 3 N–H and O–H groups in total. The lowest BCUT2D eigenvalue weighted by molar-refractivity contribution is -0.115. The molecule has 6 nitrogen and oxygen atoms in total. The molecule has 9 heteroatoms. The number of hydrogen-bond acceptors (Lipinski definition) is 3. The highest BCUT2D eigenvalue weighted by molar-refractivity contribution is 5.94. The van der Waals surface area contributed by atoms with Gasteiger partial charge in [-0.1, -0.05) is 38.1 Å². The first-order valence-electron chi connectivity index (χ1n) is 9.59. The van der Waals surface area contributed by atoms with Crippen molar-refractivity contribution in [3.05, 3.63) is 65.0 Å². The van der Waals surface area contributed by atoms with Crippen LogP contribution in [0, 0.1) is 17.5 Å². The molecule has 0 unspecified atom stereocenters. The van der Waals surface area contributed by atoms with Crippen molar-refractivity contribution in [2.75, 3.05) is 25.0 Å². The van der Waals surface area contributed by atoms with E-state index < -0.39 is 41.6 Å². The van der Waals surface area contributed by atoms with Gasteiger partial charge in [-0.2, -0.15) is 0 Å². The van der Waals surface area contributed by atoms with Gasteiger partial charge in [0.05, 0.1) is 12.2 Å². The summed E-state index contributed by atoms with van der Waals surface area (Å²) in [5, 5.41) is 7.08. The second-order valence-corrected chi connectivity index (χ2v) is 6.54. The molecule has 3 amide bonds. The Hall–Kier alpha value is -3.07. The predicted molar refractivity (Wildman–Crippen MR) is 108 cm³/mol. The number of rotatable bonds is 9. The predicted octanol–water partition coefficient (Wildman–Crippen LogP) is 3.38. The molecular formula is C21H25F3N4O2. The summed E-state index contributed by atoms with van der Waals surface area (Å²) in [5.41, 5.74) is 1.53. The lowest BCUT2D eigenvalue weighted by Gasteiger charge is -2.20. The van der Waals surface area contributed by atoms with E-state index in [9.17, 15) is 22.8 Å². The van der Waals surface area contributed by atoms with Crippen LogP contribution in [-0.4, -0.2) is 36.5 Å². The molecular weight excluding hydrogens is 397 g/mol. The summed E-state index contributed by atoms with van der Waals surface area (Å²) in [6.45, 7) is 6.53.